The second kappa shape index (κ2) is 5.59. The molecule has 0 amide bonds. The van der Waals surface area contributed by atoms with E-state index in [1.165, 1.54) is 12.1 Å². The van der Waals surface area contributed by atoms with Gasteiger partial charge in [0, 0.05) is 11.8 Å². The normalized spacial score (nSPS) is 12.7. The lowest BCUT2D eigenvalue weighted by Gasteiger charge is -2.11. The first-order valence-corrected chi connectivity index (χ1v) is 6.76. The van der Waals surface area contributed by atoms with E-state index in [0.717, 1.165) is 21.8 Å². The molecule has 18 heavy (non-hydrogen) atoms. The van der Waals surface area contributed by atoms with Gasteiger partial charge in [-0.05, 0) is 43.5 Å². The van der Waals surface area contributed by atoms with E-state index < -0.39 is 6.10 Å². The summed E-state index contributed by atoms with van der Waals surface area (Å²) in [4.78, 5) is 4.32. The molecule has 2 aromatic rings. The highest BCUT2D eigenvalue weighted by Crippen LogP contribution is 2.15. The van der Waals surface area contributed by atoms with Crippen molar-refractivity contribution in [3.63, 3.8) is 0 Å². The molecule has 1 atom stereocenters. The van der Waals surface area contributed by atoms with Crippen molar-refractivity contribution in [1.29, 1.82) is 0 Å². The molecule has 2 nitrogen and oxygen atoms in total. The Labute approximate surface area is 110 Å². The third-order valence-corrected chi connectivity index (χ3v) is 3.70. The van der Waals surface area contributed by atoms with Crippen LogP contribution in [0.2, 0.25) is 0 Å². The van der Waals surface area contributed by atoms with Gasteiger partial charge in [0.25, 0.3) is 0 Å². The molecule has 0 aliphatic carbocycles. The number of rotatable bonds is 4. The molecule has 0 fully saturated rings. The first kappa shape index (κ1) is 13.2. The summed E-state index contributed by atoms with van der Waals surface area (Å²) >= 11 is 1.58. The molecule has 2 rings (SSSR count). The first-order valence-electron chi connectivity index (χ1n) is 5.88. The van der Waals surface area contributed by atoms with Crippen LogP contribution in [0.4, 0.5) is 4.39 Å². The largest absolute Gasteiger partial charge is 0.392 e. The number of benzene rings is 1. The quantitative estimate of drug-likeness (QED) is 0.921. The van der Waals surface area contributed by atoms with Gasteiger partial charge < -0.3 is 5.11 Å². The van der Waals surface area contributed by atoms with Crippen LogP contribution >= 0.6 is 11.3 Å². The van der Waals surface area contributed by atoms with Crippen molar-refractivity contribution in [2.24, 2.45) is 0 Å². The zero-order valence-electron chi connectivity index (χ0n) is 10.5. The summed E-state index contributed by atoms with van der Waals surface area (Å²) in [5, 5.41) is 13.0. The van der Waals surface area contributed by atoms with Gasteiger partial charge in [-0.2, -0.15) is 0 Å². The average Bonchev–Trinajstić information content (AvgIpc) is 2.69. The Morgan fingerprint density at radius 1 is 1.33 bits per heavy atom. The van der Waals surface area contributed by atoms with Crippen LogP contribution in [0.15, 0.2) is 23.6 Å². The predicted octanol–water partition coefficient (Wildman–Crippen LogP) is 3.05. The van der Waals surface area contributed by atoms with Gasteiger partial charge in [0.15, 0.2) is 0 Å². The third-order valence-electron chi connectivity index (χ3n) is 2.88. The Morgan fingerprint density at radius 3 is 2.78 bits per heavy atom. The van der Waals surface area contributed by atoms with Gasteiger partial charge in [-0.1, -0.05) is 6.07 Å². The summed E-state index contributed by atoms with van der Waals surface area (Å²) in [6.45, 7) is 3.87. The molecular formula is C14H16FNOS. The molecule has 1 unspecified atom stereocenters. The maximum absolute atomic E-state index is 13.1. The number of aromatic nitrogens is 1. The van der Waals surface area contributed by atoms with Crippen molar-refractivity contribution in [3.05, 3.63) is 51.2 Å². The fraction of sp³-hybridized carbons (Fsp3) is 0.357. The van der Waals surface area contributed by atoms with Gasteiger partial charge in [-0.15, -0.1) is 11.3 Å². The standard InChI is InChI=1S/C14H16FNOS/c1-9-3-4-12(15)5-11(9)6-14(17)7-13-8-18-10(2)16-13/h3-5,8,14,17H,6-7H2,1-2H3. The number of thiazole rings is 1. The fourth-order valence-electron chi connectivity index (χ4n) is 1.93. The Bertz CT molecular complexity index is 538. The van der Waals surface area contributed by atoms with Gasteiger partial charge >= 0.3 is 0 Å². The van der Waals surface area contributed by atoms with Crippen LogP contribution in [-0.4, -0.2) is 16.2 Å². The minimum Gasteiger partial charge on any atom is -0.392 e. The van der Waals surface area contributed by atoms with Crippen LogP contribution in [0.1, 0.15) is 21.8 Å². The van der Waals surface area contributed by atoms with E-state index in [4.69, 9.17) is 0 Å². The zero-order valence-corrected chi connectivity index (χ0v) is 11.3. The van der Waals surface area contributed by atoms with E-state index in [2.05, 4.69) is 4.98 Å². The lowest BCUT2D eigenvalue weighted by Crippen LogP contribution is -2.15. The van der Waals surface area contributed by atoms with Crippen molar-refractivity contribution in [2.45, 2.75) is 32.8 Å². The molecule has 0 saturated heterocycles. The number of halogens is 1. The Hall–Kier alpha value is -1.26. The van der Waals surface area contributed by atoms with Crippen molar-refractivity contribution >= 4 is 11.3 Å². The molecule has 0 aliphatic rings. The van der Waals surface area contributed by atoms with Crippen LogP contribution in [-0.2, 0) is 12.8 Å². The summed E-state index contributed by atoms with van der Waals surface area (Å²) in [5.74, 6) is -0.257. The van der Waals surface area contributed by atoms with Crippen molar-refractivity contribution in [1.82, 2.24) is 4.98 Å². The molecule has 4 heteroatoms. The van der Waals surface area contributed by atoms with E-state index in [9.17, 15) is 9.50 Å². The number of hydrogen-bond donors (Lipinski definition) is 1. The molecule has 0 radical (unpaired) electrons. The lowest BCUT2D eigenvalue weighted by atomic mass is 10.0. The van der Waals surface area contributed by atoms with Crippen molar-refractivity contribution in [2.75, 3.05) is 0 Å². The summed E-state index contributed by atoms with van der Waals surface area (Å²) in [6, 6.07) is 4.67. The van der Waals surface area contributed by atoms with E-state index >= 15 is 0 Å². The van der Waals surface area contributed by atoms with Gasteiger partial charge in [0.1, 0.15) is 5.82 Å². The van der Waals surface area contributed by atoms with Crippen LogP contribution in [0.25, 0.3) is 0 Å². The van der Waals surface area contributed by atoms with Crippen LogP contribution in [0.3, 0.4) is 0 Å². The zero-order chi connectivity index (χ0) is 13.1. The molecule has 0 bridgehead atoms. The lowest BCUT2D eigenvalue weighted by molar-refractivity contribution is 0.174. The van der Waals surface area contributed by atoms with E-state index in [1.807, 2.05) is 19.2 Å². The number of aryl methyl sites for hydroxylation is 2. The summed E-state index contributed by atoms with van der Waals surface area (Å²) in [6.07, 6.45) is 0.451. The fourth-order valence-corrected chi connectivity index (χ4v) is 2.55. The molecule has 0 spiro atoms. The predicted molar refractivity (Wildman–Crippen MR) is 71.4 cm³/mol. The minimum atomic E-state index is -0.521. The minimum absolute atomic E-state index is 0.257. The Kier molecular flexibility index (Phi) is 4.09. The molecule has 1 aromatic carbocycles. The molecule has 1 N–H and O–H groups in total. The van der Waals surface area contributed by atoms with Gasteiger partial charge in [-0.3, -0.25) is 0 Å². The first-order chi connectivity index (χ1) is 8.54. The third kappa shape index (κ3) is 3.37. The summed E-state index contributed by atoms with van der Waals surface area (Å²) in [5.41, 5.74) is 2.76. The second-order valence-electron chi connectivity index (χ2n) is 4.49. The maximum Gasteiger partial charge on any atom is 0.123 e. The summed E-state index contributed by atoms with van der Waals surface area (Å²) < 4.78 is 13.1. The topological polar surface area (TPSA) is 33.1 Å². The van der Waals surface area contributed by atoms with Crippen molar-refractivity contribution < 1.29 is 9.50 Å². The highest BCUT2D eigenvalue weighted by atomic mass is 32.1. The molecule has 1 aromatic heterocycles. The van der Waals surface area contributed by atoms with E-state index in [0.29, 0.717) is 12.8 Å². The van der Waals surface area contributed by atoms with Crippen LogP contribution in [0.5, 0.6) is 0 Å². The molecular weight excluding hydrogens is 249 g/mol. The number of hydrogen-bond acceptors (Lipinski definition) is 3. The molecule has 96 valence electrons. The average molecular weight is 265 g/mol. The van der Waals surface area contributed by atoms with Crippen LogP contribution < -0.4 is 0 Å². The van der Waals surface area contributed by atoms with Crippen molar-refractivity contribution in [3.8, 4) is 0 Å². The van der Waals surface area contributed by atoms with E-state index in [1.54, 1.807) is 17.4 Å². The molecule has 0 aliphatic heterocycles. The Morgan fingerprint density at radius 2 is 2.11 bits per heavy atom. The van der Waals surface area contributed by atoms with Crippen LogP contribution in [0, 0.1) is 19.7 Å². The summed E-state index contributed by atoms with van der Waals surface area (Å²) in [7, 11) is 0. The highest BCUT2D eigenvalue weighted by molar-refractivity contribution is 7.09. The number of nitrogens with zero attached hydrogens (tertiary/aromatic N) is 1. The smallest absolute Gasteiger partial charge is 0.123 e. The Balaban J connectivity index is 2.02. The molecule has 0 saturated carbocycles. The SMILES string of the molecule is Cc1nc(CC(O)Cc2cc(F)ccc2C)cs1. The van der Waals surface area contributed by atoms with Gasteiger partial charge in [-0.25, -0.2) is 9.37 Å². The second-order valence-corrected chi connectivity index (χ2v) is 5.55. The van der Waals surface area contributed by atoms with E-state index in [-0.39, 0.29) is 5.82 Å². The number of aliphatic hydroxyl groups excluding tert-OH is 1. The monoisotopic (exact) mass is 265 g/mol. The highest BCUT2D eigenvalue weighted by Gasteiger charge is 2.11. The number of aliphatic hydroxyl groups is 1. The molecule has 1 heterocycles. The van der Waals surface area contributed by atoms with Gasteiger partial charge in [0.2, 0.25) is 0 Å². The maximum atomic E-state index is 13.1. The van der Waals surface area contributed by atoms with Gasteiger partial charge in [0.05, 0.1) is 16.8 Å².